The van der Waals surface area contributed by atoms with E-state index in [1.807, 2.05) is 18.2 Å². The molecule has 0 heterocycles. The van der Waals surface area contributed by atoms with Crippen molar-refractivity contribution in [1.29, 1.82) is 5.53 Å². The Morgan fingerprint density at radius 2 is 2.22 bits per heavy atom. The van der Waals surface area contributed by atoms with Gasteiger partial charge in [-0.1, -0.05) is 6.07 Å². The molecule has 0 radical (unpaired) electrons. The van der Waals surface area contributed by atoms with Crippen LogP contribution in [0.15, 0.2) is 28.4 Å². The summed E-state index contributed by atoms with van der Waals surface area (Å²) in [6, 6.07) is 5.83. The van der Waals surface area contributed by atoms with E-state index in [2.05, 4.69) is 10.2 Å². The molecule has 0 unspecified atom stereocenters. The van der Waals surface area contributed by atoms with Crippen LogP contribution < -0.4 is 16.3 Å². The number of nitrogens with two attached hydrogens (primary N) is 2. The third-order valence-corrected chi connectivity index (χ3v) is 3.46. The zero-order valence-corrected chi connectivity index (χ0v) is 10.3. The molecule has 0 atom stereocenters. The molecule has 6 heteroatoms. The van der Waals surface area contributed by atoms with E-state index < -0.39 is 0 Å². The Bertz CT molecular complexity index is 493. The van der Waals surface area contributed by atoms with Crippen molar-refractivity contribution in [3.8, 4) is 5.75 Å². The molecular weight excluding hydrogens is 230 g/mol. The first-order valence-electron chi connectivity index (χ1n) is 5.75. The molecule has 96 valence electrons. The summed E-state index contributed by atoms with van der Waals surface area (Å²) in [4.78, 5) is 0. The van der Waals surface area contributed by atoms with Crippen LogP contribution >= 0.6 is 0 Å². The lowest BCUT2D eigenvalue weighted by molar-refractivity contribution is 0.409. The second-order valence-corrected chi connectivity index (χ2v) is 4.38. The lowest BCUT2D eigenvalue weighted by atomic mass is 9.93. The van der Waals surface area contributed by atoms with E-state index in [0.29, 0.717) is 12.4 Å². The minimum atomic E-state index is -0.299. The van der Waals surface area contributed by atoms with E-state index in [1.165, 1.54) is 0 Å². The summed E-state index contributed by atoms with van der Waals surface area (Å²) < 4.78 is 5.24. The van der Waals surface area contributed by atoms with E-state index >= 15 is 0 Å². The fourth-order valence-electron chi connectivity index (χ4n) is 2.26. The van der Waals surface area contributed by atoms with E-state index in [4.69, 9.17) is 21.8 Å². The SMILES string of the molecule is COc1ccc(C2(/C(N=N)=N/N)CC2)cc1CN. The van der Waals surface area contributed by atoms with Crippen molar-refractivity contribution in [3.63, 3.8) is 0 Å². The molecule has 1 aromatic carbocycles. The van der Waals surface area contributed by atoms with Crippen LogP contribution in [0.1, 0.15) is 24.0 Å². The molecule has 0 aromatic heterocycles. The van der Waals surface area contributed by atoms with Gasteiger partial charge in [0, 0.05) is 12.1 Å². The number of rotatable bonds is 4. The largest absolute Gasteiger partial charge is 0.496 e. The maximum absolute atomic E-state index is 7.15. The third kappa shape index (κ3) is 1.84. The van der Waals surface area contributed by atoms with Crippen LogP contribution in [0.5, 0.6) is 5.75 Å². The Kier molecular flexibility index (Phi) is 3.29. The first-order chi connectivity index (χ1) is 8.71. The van der Waals surface area contributed by atoms with Crippen LogP contribution in [0.4, 0.5) is 0 Å². The smallest absolute Gasteiger partial charge is 0.180 e. The number of nitrogens with one attached hydrogen (secondary N) is 1. The average Bonchev–Trinajstić information content (AvgIpc) is 3.21. The molecule has 0 bridgehead atoms. The molecule has 0 spiro atoms. The van der Waals surface area contributed by atoms with Gasteiger partial charge in [-0.25, -0.2) is 5.53 Å². The Hall–Kier alpha value is -1.95. The predicted molar refractivity (Wildman–Crippen MR) is 68.6 cm³/mol. The Morgan fingerprint density at radius 3 is 2.67 bits per heavy atom. The van der Waals surface area contributed by atoms with Crippen molar-refractivity contribution in [2.24, 2.45) is 21.8 Å². The highest BCUT2D eigenvalue weighted by Crippen LogP contribution is 2.50. The molecule has 1 aromatic rings. The second kappa shape index (κ2) is 4.73. The number of hydrazone groups is 1. The summed E-state index contributed by atoms with van der Waals surface area (Å²) in [5, 5.41) is 7.04. The standard InChI is InChI=1S/C12H17N5O/c1-18-10-3-2-9(6-8(10)7-13)12(4-5-12)11(16-14)17-15/h2-3,6,14H,4-5,7,13,15H2,1H3/b16-14?,17-11-. The van der Waals surface area contributed by atoms with Crippen molar-refractivity contribution < 1.29 is 4.74 Å². The van der Waals surface area contributed by atoms with E-state index in [9.17, 15) is 0 Å². The minimum Gasteiger partial charge on any atom is -0.496 e. The highest BCUT2D eigenvalue weighted by Gasteiger charge is 2.50. The van der Waals surface area contributed by atoms with Crippen LogP contribution in [0.3, 0.4) is 0 Å². The molecule has 1 aliphatic carbocycles. The normalized spacial score (nSPS) is 17.3. The maximum atomic E-state index is 7.15. The molecule has 1 saturated carbocycles. The number of nitrogens with zero attached hydrogens (tertiary/aromatic N) is 2. The van der Waals surface area contributed by atoms with Crippen molar-refractivity contribution in [3.05, 3.63) is 29.3 Å². The molecule has 2 rings (SSSR count). The highest BCUT2D eigenvalue weighted by atomic mass is 16.5. The van der Waals surface area contributed by atoms with Gasteiger partial charge in [0.1, 0.15) is 5.75 Å². The lowest BCUT2D eigenvalue weighted by Crippen LogP contribution is -2.20. The average molecular weight is 247 g/mol. The monoisotopic (exact) mass is 247 g/mol. The summed E-state index contributed by atoms with van der Waals surface area (Å²) in [7, 11) is 1.62. The molecule has 1 fully saturated rings. The van der Waals surface area contributed by atoms with Crippen LogP contribution in [0.2, 0.25) is 0 Å². The van der Waals surface area contributed by atoms with Crippen molar-refractivity contribution in [2.75, 3.05) is 7.11 Å². The van der Waals surface area contributed by atoms with Gasteiger partial charge in [0.15, 0.2) is 5.84 Å². The zero-order chi connectivity index (χ0) is 13.2. The number of hydrogen-bond donors (Lipinski definition) is 3. The van der Waals surface area contributed by atoms with Crippen LogP contribution in [0.25, 0.3) is 0 Å². The summed E-state index contributed by atoms with van der Waals surface area (Å²) in [6.07, 6.45) is 1.81. The quantitative estimate of drug-likeness (QED) is 0.246. The summed E-state index contributed by atoms with van der Waals surface area (Å²) >= 11 is 0. The molecule has 6 nitrogen and oxygen atoms in total. The number of amidine groups is 1. The van der Waals surface area contributed by atoms with Crippen LogP contribution in [-0.4, -0.2) is 12.9 Å². The van der Waals surface area contributed by atoms with Gasteiger partial charge in [0.2, 0.25) is 0 Å². The number of methoxy groups -OCH3 is 1. The van der Waals surface area contributed by atoms with Gasteiger partial charge >= 0.3 is 0 Å². The molecule has 18 heavy (non-hydrogen) atoms. The maximum Gasteiger partial charge on any atom is 0.180 e. The minimum absolute atomic E-state index is 0.299. The molecule has 0 aliphatic heterocycles. The van der Waals surface area contributed by atoms with Gasteiger partial charge in [0.05, 0.1) is 12.5 Å². The van der Waals surface area contributed by atoms with E-state index in [0.717, 1.165) is 29.7 Å². The van der Waals surface area contributed by atoms with Crippen molar-refractivity contribution in [1.82, 2.24) is 0 Å². The third-order valence-electron chi connectivity index (χ3n) is 3.46. The molecular formula is C12H17N5O. The van der Waals surface area contributed by atoms with Crippen molar-refractivity contribution in [2.45, 2.75) is 24.8 Å². The molecule has 5 N–H and O–H groups in total. The fraction of sp³-hybridized carbons (Fsp3) is 0.417. The molecule has 0 saturated heterocycles. The van der Waals surface area contributed by atoms with Gasteiger partial charge in [-0.05, 0) is 30.5 Å². The zero-order valence-electron chi connectivity index (χ0n) is 10.3. The Labute approximate surface area is 106 Å². The van der Waals surface area contributed by atoms with Crippen LogP contribution in [-0.2, 0) is 12.0 Å². The first-order valence-corrected chi connectivity index (χ1v) is 5.75. The predicted octanol–water partition coefficient (Wildman–Crippen LogP) is 1.49. The van der Waals surface area contributed by atoms with Gasteiger partial charge in [0.25, 0.3) is 0 Å². The molecule has 0 amide bonds. The van der Waals surface area contributed by atoms with Crippen molar-refractivity contribution >= 4 is 5.84 Å². The number of hydrogen-bond acceptors (Lipinski definition) is 5. The van der Waals surface area contributed by atoms with E-state index in [1.54, 1.807) is 7.11 Å². The number of benzene rings is 1. The van der Waals surface area contributed by atoms with Gasteiger partial charge in [-0.2, -0.15) is 5.10 Å². The van der Waals surface area contributed by atoms with Crippen LogP contribution in [0, 0.1) is 5.53 Å². The Morgan fingerprint density at radius 1 is 1.50 bits per heavy atom. The first kappa shape index (κ1) is 12.5. The summed E-state index contributed by atoms with van der Waals surface area (Å²) in [6.45, 7) is 0.403. The van der Waals surface area contributed by atoms with Gasteiger partial charge in [-0.3, -0.25) is 0 Å². The number of ether oxygens (including phenoxy) is 1. The highest BCUT2D eigenvalue weighted by molar-refractivity contribution is 5.95. The lowest BCUT2D eigenvalue weighted by Gasteiger charge is -2.16. The van der Waals surface area contributed by atoms with Gasteiger partial charge in [-0.15, -0.1) is 5.11 Å². The van der Waals surface area contributed by atoms with Gasteiger partial charge < -0.3 is 16.3 Å². The topological polar surface area (TPSA) is 110 Å². The fourth-order valence-corrected chi connectivity index (χ4v) is 2.26. The Balaban J connectivity index is 2.43. The summed E-state index contributed by atoms with van der Waals surface area (Å²) in [5.41, 5.74) is 14.5. The molecule has 1 aliphatic rings. The second-order valence-electron chi connectivity index (χ2n) is 4.38. The van der Waals surface area contributed by atoms with E-state index in [-0.39, 0.29) is 5.41 Å². The summed E-state index contributed by atoms with van der Waals surface area (Å²) in [5.74, 6) is 6.44.